The summed E-state index contributed by atoms with van der Waals surface area (Å²) in [4.78, 5) is 12.1. The third-order valence-corrected chi connectivity index (χ3v) is 3.27. The van der Waals surface area contributed by atoms with Crippen LogP contribution in [0.4, 0.5) is 4.79 Å². The number of carbonyl (C=O) groups is 1. The van der Waals surface area contributed by atoms with E-state index in [9.17, 15) is 9.00 Å². The normalized spacial score (nSPS) is 14.3. The molecule has 0 spiro atoms. The molecule has 2 atom stereocenters. The largest absolute Gasteiger partial charge is 0.449 e. The molecule has 0 aromatic carbocycles. The second-order valence-corrected chi connectivity index (χ2v) is 5.31. The third kappa shape index (κ3) is 3.28. The van der Waals surface area contributed by atoms with Crippen molar-refractivity contribution in [1.29, 1.82) is 0 Å². The van der Waals surface area contributed by atoms with Crippen molar-refractivity contribution in [3.63, 3.8) is 0 Å². The smallest absolute Gasteiger partial charge is 0.421 e. The molecule has 0 bridgehead atoms. The number of fused-ring (bicyclic) bond motifs is 1. The van der Waals surface area contributed by atoms with Gasteiger partial charge in [0.1, 0.15) is 5.82 Å². The van der Waals surface area contributed by atoms with Crippen molar-refractivity contribution in [2.75, 3.05) is 13.2 Å². The van der Waals surface area contributed by atoms with Crippen molar-refractivity contribution in [2.45, 2.75) is 26.7 Å². The van der Waals surface area contributed by atoms with E-state index in [1.54, 1.807) is 26.8 Å². The fourth-order valence-corrected chi connectivity index (χ4v) is 2.33. The molecule has 2 unspecified atom stereocenters. The van der Waals surface area contributed by atoms with Gasteiger partial charge in [0, 0.05) is 18.5 Å². The molecule has 2 heterocycles. The van der Waals surface area contributed by atoms with Gasteiger partial charge >= 0.3 is 6.09 Å². The molecule has 0 amide bonds. The molecule has 0 fully saturated rings. The molecule has 0 aliphatic carbocycles. The molecule has 116 valence electrons. The van der Waals surface area contributed by atoms with Gasteiger partial charge < -0.3 is 4.74 Å². The predicted octanol–water partition coefficient (Wildman–Crippen LogP) is 0.674. The zero-order chi connectivity index (χ0) is 15.6. The van der Waals surface area contributed by atoms with Gasteiger partial charge in [0.05, 0.1) is 12.3 Å². The van der Waals surface area contributed by atoms with E-state index >= 15 is 0 Å². The highest BCUT2D eigenvalue weighted by atomic mass is 32.2. The van der Waals surface area contributed by atoms with Crippen molar-refractivity contribution in [1.82, 2.24) is 24.1 Å². The Morgan fingerprint density at radius 3 is 2.90 bits per heavy atom. The van der Waals surface area contributed by atoms with E-state index in [1.165, 1.54) is 9.20 Å². The summed E-state index contributed by atoms with van der Waals surface area (Å²) in [6.45, 7) is 5.71. The molecule has 2 aromatic heterocycles. The summed E-state index contributed by atoms with van der Waals surface area (Å²) in [5, 5.41) is 8.42. The van der Waals surface area contributed by atoms with Crippen LogP contribution in [0.15, 0.2) is 6.07 Å². The Hall–Kier alpha value is -1.78. The van der Waals surface area contributed by atoms with Crippen molar-refractivity contribution in [2.24, 2.45) is 0 Å². The molecule has 2 rings (SSSR count). The zero-order valence-corrected chi connectivity index (χ0v) is 12.8. The van der Waals surface area contributed by atoms with Crippen LogP contribution in [0.2, 0.25) is 0 Å². The molecule has 0 aliphatic rings. The number of nitrogens with zero attached hydrogens (tertiary/aromatic N) is 4. The Labute approximate surface area is 123 Å². The fourth-order valence-electron chi connectivity index (χ4n) is 1.94. The number of rotatable bonds is 5. The van der Waals surface area contributed by atoms with E-state index < -0.39 is 17.4 Å². The van der Waals surface area contributed by atoms with Gasteiger partial charge in [-0.25, -0.2) is 18.3 Å². The van der Waals surface area contributed by atoms with Crippen LogP contribution in [0.1, 0.15) is 31.3 Å². The molecule has 2 N–H and O–H groups in total. The molecule has 2 aromatic rings. The molecular formula is C11H17N5O4S. The van der Waals surface area contributed by atoms with Crippen LogP contribution in [-0.2, 0) is 16.0 Å². The van der Waals surface area contributed by atoms with E-state index in [2.05, 4.69) is 14.9 Å². The first-order valence-corrected chi connectivity index (χ1v) is 7.51. The Morgan fingerprint density at radius 1 is 1.57 bits per heavy atom. The quantitative estimate of drug-likeness (QED) is 0.785. The van der Waals surface area contributed by atoms with Crippen molar-refractivity contribution >= 4 is 23.0 Å². The van der Waals surface area contributed by atoms with Crippen molar-refractivity contribution < 1.29 is 18.3 Å². The molecular weight excluding hydrogens is 298 g/mol. The minimum atomic E-state index is -2.12. The third-order valence-electron chi connectivity index (χ3n) is 2.85. The SMILES string of the molecule is CCOC(=O)n1c(C(C)CNS(=O)O)nn2nc(C)cc12. The molecule has 9 nitrogen and oxygen atoms in total. The van der Waals surface area contributed by atoms with Crippen LogP contribution in [0.5, 0.6) is 0 Å². The Balaban J connectivity index is 2.41. The van der Waals surface area contributed by atoms with E-state index in [0.717, 1.165) is 5.69 Å². The van der Waals surface area contributed by atoms with Gasteiger partial charge in [-0.1, -0.05) is 6.92 Å². The topological polar surface area (TPSA) is 111 Å². The summed E-state index contributed by atoms with van der Waals surface area (Å²) < 4.78 is 29.6. The number of hydrogen-bond donors (Lipinski definition) is 2. The zero-order valence-electron chi connectivity index (χ0n) is 11.9. The lowest BCUT2D eigenvalue weighted by atomic mass is 10.2. The highest BCUT2D eigenvalue weighted by molar-refractivity contribution is 7.77. The summed E-state index contributed by atoms with van der Waals surface area (Å²) >= 11 is -2.12. The lowest BCUT2D eigenvalue weighted by Gasteiger charge is -2.11. The van der Waals surface area contributed by atoms with Gasteiger partial charge in [-0.15, -0.1) is 9.73 Å². The fraction of sp³-hybridized carbons (Fsp3) is 0.545. The van der Waals surface area contributed by atoms with Gasteiger partial charge in [-0.2, -0.15) is 5.10 Å². The number of aromatic nitrogens is 4. The lowest BCUT2D eigenvalue weighted by molar-refractivity contribution is 0.154. The maximum Gasteiger partial charge on any atom is 0.421 e. The first kappa shape index (κ1) is 15.6. The molecule has 0 saturated carbocycles. The number of carbonyl (C=O) groups excluding carboxylic acids is 1. The van der Waals surface area contributed by atoms with Crippen LogP contribution < -0.4 is 4.72 Å². The molecule has 10 heteroatoms. The van der Waals surface area contributed by atoms with Crippen LogP contribution in [0, 0.1) is 6.92 Å². The minimum absolute atomic E-state index is 0.182. The van der Waals surface area contributed by atoms with E-state index in [4.69, 9.17) is 9.29 Å². The Kier molecular flexibility index (Phi) is 4.70. The van der Waals surface area contributed by atoms with Crippen molar-refractivity contribution in [3.8, 4) is 0 Å². The highest BCUT2D eigenvalue weighted by Crippen LogP contribution is 2.18. The van der Waals surface area contributed by atoms with Gasteiger partial charge in [-0.3, -0.25) is 4.55 Å². The van der Waals surface area contributed by atoms with Crippen molar-refractivity contribution in [3.05, 3.63) is 17.6 Å². The maximum atomic E-state index is 12.1. The minimum Gasteiger partial charge on any atom is -0.449 e. The highest BCUT2D eigenvalue weighted by Gasteiger charge is 2.23. The van der Waals surface area contributed by atoms with Gasteiger partial charge in [-0.05, 0) is 13.8 Å². The van der Waals surface area contributed by atoms with Crippen LogP contribution in [0.25, 0.3) is 5.65 Å². The van der Waals surface area contributed by atoms with Crippen LogP contribution in [-0.4, -0.2) is 47.4 Å². The molecule has 0 aliphatic heterocycles. The maximum absolute atomic E-state index is 12.1. The van der Waals surface area contributed by atoms with Gasteiger partial charge in [0.25, 0.3) is 0 Å². The van der Waals surface area contributed by atoms with E-state index in [0.29, 0.717) is 11.5 Å². The van der Waals surface area contributed by atoms with E-state index in [1.807, 2.05) is 0 Å². The average Bonchev–Trinajstić information content (AvgIpc) is 2.91. The van der Waals surface area contributed by atoms with E-state index in [-0.39, 0.29) is 19.1 Å². The second-order valence-electron chi connectivity index (χ2n) is 4.52. The average molecular weight is 315 g/mol. The predicted molar refractivity (Wildman–Crippen MR) is 75.3 cm³/mol. The van der Waals surface area contributed by atoms with Gasteiger partial charge in [0.2, 0.25) is 11.3 Å². The first-order chi connectivity index (χ1) is 9.93. The summed E-state index contributed by atoms with van der Waals surface area (Å²) in [5.74, 6) is 0.126. The molecule has 0 radical (unpaired) electrons. The van der Waals surface area contributed by atoms with Crippen LogP contribution >= 0.6 is 0 Å². The molecule has 0 saturated heterocycles. The van der Waals surface area contributed by atoms with Gasteiger partial charge in [0.15, 0.2) is 5.65 Å². The summed E-state index contributed by atoms with van der Waals surface area (Å²) in [7, 11) is 0. The first-order valence-electron chi connectivity index (χ1n) is 6.40. The number of nitrogens with one attached hydrogen (secondary N) is 1. The molecule has 21 heavy (non-hydrogen) atoms. The number of hydrogen-bond acceptors (Lipinski definition) is 5. The summed E-state index contributed by atoms with van der Waals surface area (Å²) in [5.41, 5.74) is 1.22. The second kappa shape index (κ2) is 6.33. The monoisotopic (exact) mass is 315 g/mol. The standard InChI is InChI=1S/C11H17N5O4S/c1-4-20-11(17)15-9-5-8(3)13-16(9)14-10(15)7(2)6-12-21(18)19/h5,7,12H,4,6H2,1-3H3,(H,18,19). The Morgan fingerprint density at radius 2 is 2.29 bits per heavy atom. The number of ether oxygens (including phenoxy) is 1. The van der Waals surface area contributed by atoms with Crippen LogP contribution in [0.3, 0.4) is 0 Å². The lowest BCUT2D eigenvalue weighted by Crippen LogP contribution is -2.25. The summed E-state index contributed by atoms with van der Waals surface area (Å²) in [6, 6.07) is 1.72. The Bertz CT molecular complexity index is 680. The number of aryl methyl sites for hydroxylation is 1. The summed E-state index contributed by atoms with van der Waals surface area (Å²) in [6.07, 6.45) is -0.549.